The van der Waals surface area contributed by atoms with Crippen molar-refractivity contribution in [3.8, 4) is 11.1 Å². The maximum absolute atomic E-state index is 13.2. The Kier molecular flexibility index (Phi) is 2.56. The third kappa shape index (κ3) is 1.92. The van der Waals surface area contributed by atoms with Crippen LogP contribution in [0.25, 0.3) is 11.1 Å². The quantitative estimate of drug-likeness (QED) is 0.818. The molecule has 1 aromatic carbocycles. The molecule has 15 heavy (non-hydrogen) atoms. The molecule has 0 amide bonds. The summed E-state index contributed by atoms with van der Waals surface area (Å²) in [6.45, 7) is 2.17. The van der Waals surface area contributed by atoms with Gasteiger partial charge < -0.3 is 10.2 Å². The zero-order valence-electron chi connectivity index (χ0n) is 8.46. The van der Waals surface area contributed by atoms with Crippen molar-refractivity contribution in [2.75, 3.05) is 0 Å². The summed E-state index contributed by atoms with van der Waals surface area (Å²) in [5.74, 6) is 0.439. The van der Waals surface area contributed by atoms with E-state index in [0.29, 0.717) is 12.3 Å². The molecule has 0 fully saturated rings. The van der Waals surface area contributed by atoms with Gasteiger partial charge in [-0.1, -0.05) is 6.07 Å². The first-order valence-electron chi connectivity index (χ1n) is 4.74. The molecule has 0 bridgehead atoms. The summed E-state index contributed by atoms with van der Waals surface area (Å²) >= 11 is 0. The normalized spacial score (nSPS) is 10.6. The van der Waals surface area contributed by atoms with Crippen LogP contribution in [0.3, 0.4) is 0 Å². The Morgan fingerprint density at radius 3 is 2.80 bits per heavy atom. The second-order valence-electron chi connectivity index (χ2n) is 3.48. The number of nitrogens with two attached hydrogens (primary N) is 1. The van der Waals surface area contributed by atoms with Crippen molar-refractivity contribution in [3.63, 3.8) is 0 Å². The Morgan fingerprint density at radius 1 is 1.33 bits per heavy atom. The fraction of sp³-hybridized carbons (Fsp3) is 0.167. The topological polar surface area (TPSA) is 39.2 Å². The second-order valence-corrected chi connectivity index (χ2v) is 3.48. The van der Waals surface area contributed by atoms with Gasteiger partial charge in [-0.05, 0) is 36.2 Å². The molecular formula is C12H12FNO. The van der Waals surface area contributed by atoms with Gasteiger partial charge in [0.05, 0.1) is 12.8 Å². The van der Waals surface area contributed by atoms with Crippen LogP contribution in [0.1, 0.15) is 11.3 Å². The average Bonchev–Trinajstić information content (AvgIpc) is 2.63. The maximum atomic E-state index is 13.2. The second kappa shape index (κ2) is 3.87. The molecule has 2 N–H and O–H groups in total. The standard InChI is InChI=1S/C12H12FNO/c1-8-4-9(6-10(13)5-8)11-2-3-15-12(11)7-14/h2-6H,7,14H2,1H3. The summed E-state index contributed by atoms with van der Waals surface area (Å²) in [6.07, 6.45) is 1.57. The number of benzene rings is 1. The molecule has 2 nitrogen and oxygen atoms in total. The zero-order valence-corrected chi connectivity index (χ0v) is 8.46. The highest BCUT2D eigenvalue weighted by Gasteiger charge is 2.08. The summed E-state index contributed by atoms with van der Waals surface area (Å²) in [7, 11) is 0. The minimum Gasteiger partial charge on any atom is -0.467 e. The van der Waals surface area contributed by atoms with Crippen LogP contribution >= 0.6 is 0 Å². The molecule has 0 atom stereocenters. The van der Waals surface area contributed by atoms with Gasteiger partial charge in [-0.25, -0.2) is 4.39 Å². The van der Waals surface area contributed by atoms with Crippen LogP contribution in [0.2, 0.25) is 0 Å². The summed E-state index contributed by atoms with van der Waals surface area (Å²) in [5, 5.41) is 0. The number of hydrogen-bond donors (Lipinski definition) is 1. The number of furan rings is 1. The number of hydrogen-bond acceptors (Lipinski definition) is 2. The highest BCUT2D eigenvalue weighted by molar-refractivity contribution is 5.66. The molecule has 0 aliphatic carbocycles. The molecular weight excluding hydrogens is 193 g/mol. The van der Waals surface area contributed by atoms with Gasteiger partial charge >= 0.3 is 0 Å². The highest BCUT2D eigenvalue weighted by Crippen LogP contribution is 2.26. The van der Waals surface area contributed by atoms with Crippen LogP contribution in [-0.2, 0) is 6.54 Å². The largest absolute Gasteiger partial charge is 0.467 e. The molecule has 1 aromatic heterocycles. The first-order valence-corrected chi connectivity index (χ1v) is 4.74. The molecule has 1 heterocycles. The Labute approximate surface area is 87.5 Å². The van der Waals surface area contributed by atoms with Crippen molar-refractivity contribution in [1.82, 2.24) is 0 Å². The molecule has 0 saturated carbocycles. The summed E-state index contributed by atoms with van der Waals surface area (Å²) in [6, 6.07) is 6.69. The Balaban J connectivity index is 2.53. The SMILES string of the molecule is Cc1cc(F)cc(-c2ccoc2CN)c1. The first-order chi connectivity index (χ1) is 7.20. The van der Waals surface area contributed by atoms with E-state index >= 15 is 0 Å². The van der Waals surface area contributed by atoms with Gasteiger partial charge in [-0.2, -0.15) is 0 Å². The molecule has 3 heteroatoms. The van der Waals surface area contributed by atoms with Crippen molar-refractivity contribution >= 4 is 0 Å². The number of aryl methyl sites for hydroxylation is 1. The average molecular weight is 205 g/mol. The van der Waals surface area contributed by atoms with E-state index in [2.05, 4.69) is 0 Å². The Hall–Kier alpha value is -1.61. The van der Waals surface area contributed by atoms with Gasteiger partial charge in [-0.15, -0.1) is 0 Å². The van der Waals surface area contributed by atoms with Gasteiger partial charge in [0.2, 0.25) is 0 Å². The summed E-state index contributed by atoms with van der Waals surface area (Å²) < 4.78 is 18.4. The van der Waals surface area contributed by atoms with Gasteiger partial charge in [0.25, 0.3) is 0 Å². The minimum absolute atomic E-state index is 0.242. The molecule has 78 valence electrons. The van der Waals surface area contributed by atoms with Gasteiger partial charge in [0, 0.05) is 5.56 Å². The van der Waals surface area contributed by atoms with Crippen molar-refractivity contribution in [1.29, 1.82) is 0 Å². The van der Waals surface area contributed by atoms with Crippen molar-refractivity contribution < 1.29 is 8.81 Å². The molecule has 0 radical (unpaired) electrons. The van der Waals surface area contributed by atoms with E-state index in [9.17, 15) is 4.39 Å². The van der Waals surface area contributed by atoms with Crippen LogP contribution in [0.5, 0.6) is 0 Å². The lowest BCUT2D eigenvalue weighted by atomic mass is 10.0. The lowest BCUT2D eigenvalue weighted by Crippen LogP contribution is -1.96. The van der Waals surface area contributed by atoms with Crippen molar-refractivity contribution in [2.24, 2.45) is 5.73 Å². The van der Waals surface area contributed by atoms with Crippen LogP contribution < -0.4 is 5.73 Å². The fourth-order valence-corrected chi connectivity index (χ4v) is 1.65. The minimum atomic E-state index is -0.242. The molecule has 0 aliphatic heterocycles. The van der Waals surface area contributed by atoms with Crippen LogP contribution in [0, 0.1) is 12.7 Å². The first kappa shape index (κ1) is 9.93. The highest BCUT2D eigenvalue weighted by atomic mass is 19.1. The van der Waals surface area contributed by atoms with E-state index in [1.165, 1.54) is 12.1 Å². The molecule has 0 aliphatic rings. The Morgan fingerprint density at radius 2 is 2.13 bits per heavy atom. The van der Waals surface area contributed by atoms with Crippen LogP contribution in [-0.4, -0.2) is 0 Å². The third-order valence-electron chi connectivity index (χ3n) is 2.28. The molecule has 0 spiro atoms. The fourth-order valence-electron chi connectivity index (χ4n) is 1.65. The predicted molar refractivity (Wildman–Crippen MR) is 56.7 cm³/mol. The molecule has 0 saturated heterocycles. The number of halogens is 1. The van der Waals surface area contributed by atoms with Crippen molar-refractivity contribution in [3.05, 3.63) is 47.7 Å². The third-order valence-corrected chi connectivity index (χ3v) is 2.28. The van der Waals surface area contributed by atoms with Gasteiger partial charge in [0.15, 0.2) is 0 Å². The zero-order chi connectivity index (χ0) is 10.8. The Bertz CT molecular complexity index is 456. The summed E-state index contributed by atoms with van der Waals surface area (Å²) in [4.78, 5) is 0. The van der Waals surface area contributed by atoms with Gasteiger partial charge in [0.1, 0.15) is 11.6 Å². The maximum Gasteiger partial charge on any atom is 0.125 e. The van der Waals surface area contributed by atoms with E-state index in [-0.39, 0.29) is 5.82 Å². The van der Waals surface area contributed by atoms with E-state index < -0.39 is 0 Å². The lowest BCUT2D eigenvalue weighted by Gasteiger charge is -2.02. The van der Waals surface area contributed by atoms with E-state index in [4.69, 9.17) is 10.2 Å². The van der Waals surface area contributed by atoms with Crippen LogP contribution in [0.15, 0.2) is 34.9 Å². The smallest absolute Gasteiger partial charge is 0.125 e. The number of rotatable bonds is 2. The molecule has 2 aromatic rings. The predicted octanol–water partition coefficient (Wildman–Crippen LogP) is 2.85. The summed E-state index contributed by atoms with van der Waals surface area (Å²) in [5.41, 5.74) is 8.07. The van der Waals surface area contributed by atoms with Crippen LogP contribution in [0.4, 0.5) is 4.39 Å². The van der Waals surface area contributed by atoms with Gasteiger partial charge in [-0.3, -0.25) is 0 Å². The lowest BCUT2D eigenvalue weighted by molar-refractivity contribution is 0.513. The van der Waals surface area contributed by atoms with E-state index in [0.717, 1.165) is 16.7 Å². The molecule has 0 unspecified atom stereocenters. The molecule has 2 rings (SSSR count). The van der Waals surface area contributed by atoms with E-state index in [1.807, 2.05) is 13.0 Å². The van der Waals surface area contributed by atoms with Crippen molar-refractivity contribution in [2.45, 2.75) is 13.5 Å². The monoisotopic (exact) mass is 205 g/mol. The van der Waals surface area contributed by atoms with E-state index in [1.54, 1.807) is 12.3 Å².